The first kappa shape index (κ1) is 16.3. The van der Waals surface area contributed by atoms with Crippen LogP contribution in [-0.4, -0.2) is 19.2 Å². The Hall–Kier alpha value is -0.760. The zero-order chi connectivity index (χ0) is 14.1. The van der Waals surface area contributed by atoms with Crippen LogP contribution in [0.1, 0.15) is 39.5 Å². The third-order valence-electron chi connectivity index (χ3n) is 3.16. The number of hydrogen-bond donors (Lipinski definition) is 0. The second kappa shape index (κ2) is 8.42. The zero-order valence-electron chi connectivity index (χ0n) is 12.1. The van der Waals surface area contributed by atoms with Gasteiger partial charge >= 0.3 is 116 Å². The summed E-state index contributed by atoms with van der Waals surface area (Å²) < 4.78 is 11.4. The van der Waals surface area contributed by atoms with Crippen LogP contribution in [0.3, 0.4) is 0 Å². The Kier molecular flexibility index (Phi) is 7.22. The monoisotopic (exact) mass is 284 g/mol. The average molecular weight is 284 g/mol. The Balaban J connectivity index is 2.95. The molecule has 0 N–H and O–H groups in total. The van der Waals surface area contributed by atoms with E-state index in [0.29, 0.717) is 13.0 Å². The van der Waals surface area contributed by atoms with Gasteiger partial charge in [0, 0.05) is 0 Å². The van der Waals surface area contributed by atoms with Crippen LogP contribution < -0.4 is 5.30 Å². The Bertz CT molecular complexity index is 380. The van der Waals surface area contributed by atoms with Gasteiger partial charge in [-0.3, -0.25) is 0 Å². The number of carbonyl (C=O) groups excluding carboxylic acids is 1. The van der Waals surface area contributed by atoms with Gasteiger partial charge in [0.25, 0.3) is 0 Å². The van der Waals surface area contributed by atoms with E-state index in [-0.39, 0.29) is 5.52 Å². The molecule has 1 aromatic rings. The van der Waals surface area contributed by atoms with Gasteiger partial charge in [-0.1, -0.05) is 0 Å². The van der Waals surface area contributed by atoms with Crippen LogP contribution in [0.25, 0.3) is 0 Å². The van der Waals surface area contributed by atoms with Gasteiger partial charge in [0.05, 0.1) is 0 Å². The van der Waals surface area contributed by atoms with Crippen molar-refractivity contribution in [1.29, 1.82) is 0 Å². The van der Waals surface area contributed by atoms with Gasteiger partial charge in [-0.05, 0) is 0 Å². The van der Waals surface area contributed by atoms with Crippen molar-refractivity contribution >= 4 is 18.5 Å². The normalized spacial score (nSPS) is 12.4. The maximum atomic E-state index is 12.6. The van der Waals surface area contributed by atoms with Gasteiger partial charge in [-0.15, -0.1) is 0 Å². The first-order valence-electron chi connectivity index (χ1n) is 6.99. The fourth-order valence-electron chi connectivity index (χ4n) is 2.18. The van der Waals surface area contributed by atoms with E-state index >= 15 is 0 Å². The zero-order valence-corrected chi connectivity index (χ0v) is 13.1. The number of carbonyl (C=O) groups is 1. The molecule has 0 aromatic heterocycles. The quantitative estimate of drug-likeness (QED) is 0.512. The third kappa shape index (κ3) is 4.10. The Morgan fingerprint density at radius 3 is 2.37 bits per heavy atom. The van der Waals surface area contributed by atoms with Crippen molar-refractivity contribution < 1.29 is 13.8 Å². The van der Waals surface area contributed by atoms with E-state index in [1.54, 1.807) is 7.11 Å². The maximum absolute atomic E-state index is 12.6. The SMILES string of the molecule is CCCCCC(=O)[PH](OC)(OCC)c1ccccc1. The van der Waals surface area contributed by atoms with Crippen LogP contribution in [-0.2, 0) is 13.8 Å². The molecule has 0 atom stereocenters. The summed E-state index contributed by atoms with van der Waals surface area (Å²) in [7, 11) is -1.35. The molecule has 0 saturated carbocycles. The molecule has 3 nitrogen and oxygen atoms in total. The first-order valence-corrected chi connectivity index (χ1v) is 8.80. The Morgan fingerprint density at radius 1 is 1.16 bits per heavy atom. The third-order valence-corrected chi connectivity index (χ3v) is 6.51. The van der Waals surface area contributed by atoms with Crippen molar-refractivity contribution in [2.45, 2.75) is 39.5 Å². The predicted octanol–water partition coefficient (Wildman–Crippen LogP) is 3.68. The van der Waals surface area contributed by atoms with Crippen molar-refractivity contribution in [3.63, 3.8) is 0 Å². The van der Waals surface area contributed by atoms with Gasteiger partial charge in [0.1, 0.15) is 0 Å². The van der Waals surface area contributed by atoms with Gasteiger partial charge in [-0.2, -0.15) is 0 Å². The molecule has 0 fully saturated rings. The number of hydrogen-bond acceptors (Lipinski definition) is 3. The summed E-state index contributed by atoms with van der Waals surface area (Å²) in [6.07, 6.45) is 3.63. The summed E-state index contributed by atoms with van der Waals surface area (Å²) >= 11 is 0. The molecule has 0 unspecified atom stereocenters. The molecule has 4 heteroatoms. The topological polar surface area (TPSA) is 35.5 Å². The van der Waals surface area contributed by atoms with Gasteiger partial charge in [0.15, 0.2) is 0 Å². The van der Waals surface area contributed by atoms with Crippen molar-refractivity contribution in [1.82, 2.24) is 0 Å². The molecule has 108 valence electrons. The van der Waals surface area contributed by atoms with E-state index in [9.17, 15) is 4.79 Å². The average Bonchev–Trinajstić information content (AvgIpc) is 2.46. The van der Waals surface area contributed by atoms with Gasteiger partial charge in [0.2, 0.25) is 0 Å². The second-order valence-corrected chi connectivity index (χ2v) is 7.57. The molecule has 1 rings (SSSR count). The molecule has 19 heavy (non-hydrogen) atoms. The molecule has 0 bridgehead atoms. The minimum atomic E-state index is -2.94. The molecule has 0 aliphatic carbocycles. The van der Waals surface area contributed by atoms with Crippen molar-refractivity contribution in [2.24, 2.45) is 0 Å². The molecular weight excluding hydrogens is 259 g/mol. The summed E-state index contributed by atoms with van der Waals surface area (Å²) in [6.45, 7) is 4.53. The standard InChI is InChI=1S/C15H25O3P/c1-4-6-8-13-15(16)19(17-3,18-5-2)14-11-9-7-10-12-14/h7,9-12,19H,4-6,8,13H2,1-3H3. The Labute approximate surface area is 116 Å². The minimum absolute atomic E-state index is 0.136. The molecule has 0 amide bonds. The molecule has 1 aromatic carbocycles. The van der Waals surface area contributed by atoms with Crippen molar-refractivity contribution in [2.75, 3.05) is 13.7 Å². The van der Waals surface area contributed by atoms with Crippen molar-refractivity contribution in [3.05, 3.63) is 30.3 Å². The molecule has 0 spiro atoms. The molecule has 0 saturated heterocycles. The fourth-order valence-corrected chi connectivity index (χ4v) is 4.95. The van der Waals surface area contributed by atoms with Crippen LogP contribution in [0.15, 0.2) is 30.3 Å². The number of unbranched alkanes of at least 4 members (excludes halogenated alkanes) is 2. The molecule has 0 radical (unpaired) electrons. The van der Waals surface area contributed by atoms with E-state index in [0.717, 1.165) is 24.6 Å². The van der Waals surface area contributed by atoms with Crippen LogP contribution in [0, 0.1) is 0 Å². The summed E-state index contributed by atoms with van der Waals surface area (Å²) in [5, 5.41) is 0.904. The predicted molar refractivity (Wildman–Crippen MR) is 82.2 cm³/mol. The summed E-state index contributed by atoms with van der Waals surface area (Å²) in [6, 6.07) is 9.65. The van der Waals surface area contributed by atoms with E-state index in [4.69, 9.17) is 9.05 Å². The van der Waals surface area contributed by atoms with E-state index in [1.165, 1.54) is 0 Å². The molecule has 0 aliphatic heterocycles. The van der Waals surface area contributed by atoms with Gasteiger partial charge < -0.3 is 0 Å². The Morgan fingerprint density at radius 2 is 1.84 bits per heavy atom. The van der Waals surface area contributed by atoms with Crippen LogP contribution >= 0.6 is 7.72 Å². The summed E-state index contributed by atoms with van der Waals surface area (Å²) in [5.41, 5.74) is 0.136. The number of benzene rings is 1. The molecule has 0 aliphatic rings. The molecule has 0 heterocycles. The van der Waals surface area contributed by atoms with E-state index in [1.807, 2.05) is 37.3 Å². The van der Waals surface area contributed by atoms with Crippen LogP contribution in [0.4, 0.5) is 0 Å². The summed E-state index contributed by atoms with van der Waals surface area (Å²) in [5.74, 6) is 0. The molecular formula is C15H25O3P. The summed E-state index contributed by atoms with van der Waals surface area (Å²) in [4.78, 5) is 12.6. The van der Waals surface area contributed by atoms with Crippen molar-refractivity contribution in [3.8, 4) is 0 Å². The van der Waals surface area contributed by atoms with Gasteiger partial charge in [-0.25, -0.2) is 0 Å². The second-order valence-electron chi connectivity index (χ2n) is 4.50. The number of rotatable bonds is 9. The van der Waals surface area contributed by atoms with E-state index < -0.39 is 7.72 Å². The van der Waals surface area contributed by atoms with Crippen LogP contribution in [0.2, 0.25) is 0 Å². The first-order chi connectivity index (χ1) is 9.21. The fraction of sp³-hybridized carbons (Fsp3) is 0.533. The van der Waals surface area contributed by atoms with E-state index in [2.05, 4.69) is 6.92 Å². The van der Waals surface area contributed by atoms with Crippen LogP contribution in [0.5, 0.6) is 0 Å².